The van der Waals surface area contributed by atoms with Crippen LogP contribution >= 0.6 is 0 Å². The summed E-state index contributed by atoms with van der Waals surface area (Å²) in [4.78, 5) is 9.29. The average molecular weight is 320 g/mol. The van der Waals surface area contributed by atoms with Gasteiger partial charge in [-0.15, -0.1) is 0 Å². The van der Waals surface area contributed by atoms with E-state index in [1.54, 1.807) is 0 Å². The monoisotopic (exact) mass is 320 g/mol. The molecule has 2 heterocycles. The molecule has 122 valence electrons. The van der Waals surface area contributed by atoms with Gasteiger partial charge in [0.25, 0.3) is 0 Å². The Labute approximate surface area is 141 Å². The predicted molar refractivity (Wildman–Crippen MR) is 93.5 cm³/mol. The average Bonchev–Trinajstić information content (AvgIpc) is 2.87. The zero-order chi connectivity index (χ0) is 16.7. The Balaban J connectivity index is 1.61. The first-order chi connectivity index (χ1) is 11.5. The van der Waals surface area contributed by atoms with Gasteiger partial charge in [0, 0.05) is 12.0 Å². The van der Waals surface area contributed by atoms with Crippen LogP contribution in [0.1, 0.15) is 30.8 Å². The first-order valence-electron chi connectivity index (χ1n) is 8.18. The molecule has 1 aromatic heterocycles. The lowest BCUT2D eigenvalue weighted by molar-refractivity contribution is 0.131. The number of rotatable bonds is 3. The second kappa shape index (κ2) is 5.48. The van der Waals surface area contributed by atoms with E-state index in [1.807, 2.05) is 43.3 Å². The normalized spacial score (nSPS) is 15.1. The molecule has 2 aromatic carbocycles. The van der Waals surface area contributed by atoms with E-state index in [0.29, 0.717) is 6.61 Å². The SMILES string of the molecule is Cc1nc2ccccc2nc1COc1cccc2c1OC(C)(C)C2. The van der Waals surface area contributed by atoms with Gasteiger partial charge < -0.3 is 9.47 Å². The largest absolute Gasteiger partial charge is 0.483 e. The van der Waals surface area contributed by atoms with Crippen molar-refractivity contribution in [2.45, 2.75) is 39.4 Å². The number of hydrogen-bond acceptors (Lipinski definition) is 4. The Kier molecular flexibility index (Phi) is 3.41. The third kappa shape index (κ3) is 2.68. The molecule has 0 atom stereocenters. The summed E-state index contributed by atoms with van der Waals surface area (Å²) in [5.41, 5.74) is 4.55. The standard InChI is InChI=1S/C20H20N2O2/c1-13-17(22-16-9-5-4-8-15(16)21-13)12-23-18-10-6-7-14-11-20(2,3)24-19(14)18/h4-10H,11-12H2,1-3H3. The van der Waals surface area contributed by atoms with Gasteiger partial charge >= 0.3 is 0 Å². The lowest BCUT2D eigenvalue weighted by Gasteiger charge is -2.18. The molecule has 0 spiro atoms. The Bertz CT molecular complexity index is 919. The zero-order valence-corrected chi connectivity index (χ0v) is 14.2. The van der Waals surface area contributed by atoms with Crippen molar-refractivity contribution >= 4 is 11.0 Å². The fourth-order valence-corrected chi connectivity index (χ4v) is 3.11. The molecule has 0 fully saturated rings. The molecule has 3 aromatic rings. The predicted octanol–water partition coefficient (Wildman–Crippen LogP) is 4.23. The number of aromatic nitrogens is 2. The van der Waals surface area contributed by atoms with Crippen LogP contribution in [0.2, 0.25) is 0 Å². The first kappa shape index (κ1) is 14.9. The highest BCUT2D eigenvalue weighted by Crippen LogP contribution is 2.41. The summed E-state index contributed by atoms with van der Waals surface area (Å²) in [5, 5.41) is 0. The van der Waals surface area contributed by atoms with Crippen molar-refractivity contribution in [1.82, 2.24) is 9.97 Å². The van der Waals surface area contributed by atoms with Crippen molar-refractivity contribution in [3.05, 3.63) is 59.4 Å². The summed E-state index contributed by atoms with van der Waals surface area (Å²) >= 11 is 0. The third-order valence-electron chi connectivity index (χ3n) is 4.26. The van der Waals surface area contributed by atoms with Gasteiger partial charge in [0.2, 0.25) is 0 Å². The number of benzene rings is 2. The molecule has 0 radical (unpaired) electrons. The Morgan fingerprint density at radius 2 is 1.79 bits per heavy atom. The van der Waals surface area contributed by atoms with Crippen LogP contribution in [0.5, 0.6) is 11.5 Å². The molecule has 0 saturated heterocycles. The topological polar surface area (TPSA) is 44.2 Å². The van der Waals surface area contributed by atoms with Crippen LogP contribution in [-0.2, 0) is 13.0 Å². The molecule has 0 amide bonds. The van der Waals surface area contributed by atoms with Crippen LogP contribution < -0.4 is 9.47 Å². The van der Waals surface area contributed by atoms with Crippen molar-refractivity contribution in [3.63, 3.8) is 0 Å². The van der Waals surface area contributed by atoms with E-state index < -0.39 is 0 Å². The van der Waals surface area contributed by atoms with Gasteiger partial charge in [0.05, 0.1) is 22.4 Å². The van der Waals surface area contributed by atoms with Crippen LogP contribution in [0.25, 0.3) is 11.0 Å². The maximum absolute atomic E-state index is 6.05. The van der Waals surface area contributed by atoms with Gasteiger partial charge in [0.1, 0.15) is 12.2 Å². The van der Waals surface area contributed by atoms with Crippen molar-refractivity contribution in [2.24, 2.45) is 0 Å². The van der Waals surface area contributed by atoms with E-state index in [9.17, 15) is 0 Å². The van der Waals surface area contributed by atoms with Crippen LogP contribution in [0.15, 0.2) is 42.5 Å². The number of ether oxygens (including phenoxy) is 2. The Hall–Kier alpha value is -2.62. The highest BCUT2D eigenvalue weighted by molar-refractivity contribution is 5.74. The van der Waals surface area contributed by atoms with Crippen molar-refractivity contribution in [2.75, 3.05) is 0 Å². The number of nitrogens with zero attached hydrogens (tertiary/aromatic N) is 2. The summed E-state index contributed by atoms with van der Waals surface area (Å²) in [7, 11) is 0. The van der Waals surface area contributed by atoms with Gasteiger partial charge in [-0.2, -0.15) is 0 Å². The van der Waals surface area contributed by atoms with Crippen LogP contribution in [0.4, 0.5) is 0 Å². The van der Waals surface area contributed by atoms with Gasteiger partial charge in [-0.3, -0.25) is 0 Å². The maximum Gasteiger partial charge on any atom is 0.165 e. The van der Waals surface area contributed by atoms with E-state index in [4.69, 9.17) is 9.47 Å². The van der Waals surface area contributed by atoms with E-state index >= 15 is 0 Å². The number of hydrogen-bond donors (Lipinski definition) is 0. The molecule has 0 aliphatic carbocycles. The highest BCUT2D eigenvalue weighted by Gasteiger charge is 2.32. The van der Waals surface area contributed by atoms with Gasteiger partial charge in [-0.25, -0.2) is 9.97 Å². The summed E-state index contributed by atoms with van der Waals surface area (Å²) in [6, 6.07) is 13.9. The minimum absolute atomic E-state index is 0.180. The summed E-state index contributed by atoms with van der Waals surface area (Å²) in [6.07, 6.45) is 0.897. The second-order valence-corrected chi connectivity index (χ2v) is 6.82. The number of aryl methyl sites for hydroxylation is 1. The lowest BCUT2D eigenvalue weighted by Crippen LogP contribution is -2.24. The molecule has 4 heteroatoms. The number of para-hydroxylation sites is 3. The van der Waals surface area contributed by atoms with Crippen molar-refractivity contribution in [1.29, 1.82) is 0 Å². The molecule has 24 heavy (non-hydrogen) atoms. The van der Waals surface area contributed by atoms with E-state index in [2.05, 4.69) is 29.9 Å². The van der Waals surface area contributed by atoms with Crippen molar-refractivity contribution in [3.8, 4) is 11.5 Å². The highest BCUT2D eigenvalue weighted by atomic mass is 16.5. The molecule has 1 aliphatic heterocycles. The first-order valence-corrected chi connectivity index (χ1v) is 8.18. The van der Waals surface area contributed by atoms with Crippen molar-refractivity contribution < 1.29 is 9.47 Å². The minimum Gasteiger partial charge on any atom is -0.483 e. The molecule has 0 bridgehead atoms. The molecule has 0 saturated carbocycles. The van der Waals surface area contributed by atoms with Gasteiger partial charge in [0.15, 0.2) is 11.5 Å². The van der Waals surface area contributed by atoms with Crippen LogP contribution in [-0.4, -0.2) is 15.6 Å². The summed E-state index contributed by atoms with van der Waals surface area (Å²) in [6.45, 7) is 6.53. The molecule has 4 rings (SSSR count). The van der Waals surface area contributed by atoms with Crippen LogP contribution in [0, 0.1) is 6.92 Å². The minimum atomic E-state index is -0.180. The third-order valence-corrected chi connectivity index (χ3v) is 4.26. The maximum atomic E-state index is 6.05. The molecule has 1 aliphatic rings. The Morgan fingerprint density at radius 3 is 2.58 bits per heavy atom. The molecule has 0 N–H and O–H groups in total. The van der Waals surface area contributed by atoms with Crippen LogP contribution in [0.3, 0.4) is 0 Å². The second-order valence-electron chi connectivity index (χ2n) is 6.82. The zero-order valence-electron chi connectivity index (χ0n) is 14.2. The van der Waals surface area contributed by atoms with E-state index in [1.165, 1.54) is 5.56 Å². The quantitative estimate of drug-likeness (QED) is 0.724. The summed E-state index contributed by atoms with van der Waals surface area (Å²) < 4.78 is 12.1. The van der Waals surface area contributed by atoms with Gasteiger partial charge in [-0.05, 0) is 39.0 Å². The Morgan fingerprint density at radius 1 is 1.04 bits per heavy atom. The fraction of sp³-hybridized carbons (Fsp3) is 0.300. The van der Waals surface area contributed by atoms with E-state index in [0.717, 1.165) is 40.3 Å². The summed E-state index contributed by atoms with van der Waals surface area (Å²) in [5.74, 6) is 1.63. The van der Waals surface area contributed by atoms with Gasteiger partial charge in [-0.1, -0.05) is 24.3 Å². The smallest absolute Gasteiger partial charge is 0.165 e. The molecular weight excluding hydrogens is 300 g/mol. The molecule has 0 unspecified atom stereocenters. The lowest BCUT2D eigenvalue weighted by atomic mass is 10.0. The number of fused-ring (bicyclic) bond motifs is 2. The fourth-order valence-electron chi connectivity index (χ4n) is 3.11. The molecule has 4 nitrogen and oxygen atoms in total. The van der Waals surface area contributed by atoms with E-state index in [-0.39, 0.29) is 5.60 Å². The molecular formula is C20H20N2O2.